The van der Waals surface area contributed by atoms with E-state index >= 15 is 0 Å². The highest BCUT2D eigenvalue weighted by Crippen LogP contribution is 2.16. The number of nitrogens with zero attached hydrogens (tertiary/aromatic N) is 2. The van der Waals surface area contributed by atoms with Gasteiger partial charge in [0.25, 0.3) is 0 Å². The van der Waals surface area contributed by atoms with Crippen LogP contribution in [0, 0.1) is 5.82 Å². The van der Waals surface area contributed by atoms with Gasteiger partial charge < -0.3 is 4.57 Å². The van der Waals surface area contributed by atoms with E-state index in [4.69, 9.17) is 0 Å². The van der Waals surface area contributed by atoms with Gasteiger partial charge in [0.2, 0.25) is 0 Å². The Kier molecular flexibility index (Phi) is 3.91. The van der Waals surface area contributed by atoms with Crippen molar-refractivity contribution in [1.29, 1.82) is 0 Å². The van der Waals surface area contributed by atoms with Crippen molar-refractivity contribution < 1.29 is 9.18 Å². The molecule has 0 N–H and O–H groups in total. The first-order valence-corrected chi connectivity index (χ1v) is 6.38. The van der Waals surface area contributed by atoms with Crippen molar-refractivity contribution in [2.24, 2.45) is 0 Å². The van der Waals surface area contributed by atoms with Crippen LogP contribution in [-0.4, -0.2) is 15.3 Å². The molecular weight excluding hydrogens is 299 g/mol. The highest BCUT2D eigenvalue weighted by atomic mass is 79.9. The second-order valence-electron chi connectivity index (χ2n) is 3.89. The highest BCUT2D eigenvalue weighted by molar-refractivity contribution is 9.10. The number of aromatic nitrogens is 2. The number of hydrogen-bond acceptors (Lipinski definition) is 2. The van der Waals surface area contributed by atoms with Gasteiger partial charge >= 0.3 is 0 Å². The average molecular weight is 311 g/mol. The zero-order chi connectivity index (χ0) is 13.1. The fraction of sp³-hybridized carbons (Fsp3) is 0.231. The van der Waals surface area contributed by atoms with Gasteiger partial charge in [-0.2, -0.15) is 0 Å². The standard InChI is InChI=1S/C13H12BrFN2O/c1-2-17-4-3-16-13(17)8-12(18)9-5-10(14)7-11(15)6-9/h3-7H,2,8H2,1H3. The first-order chi connectivity index (χ1) is 8.60. The predicted molar refractivity (Wildman–Crippen MR) is 70.0 cm³/mol. The molecule has 0 saturated carbocycles. The van der Waals surface area contributed by atoms with Gasteiger partial charge in [-0.3, -0.25) is 4.79 Å². The fourth-order valence-electron chi connectivity index (χ4n) is 1.76. The molecule has 2 rings (SSSR count). The molecule has 0 fully saturated rings. The Morgan fingerprint density at radius 3 is 2.89 bits per heavy atom. The summed E-state index contributed by atoms with van der Waals surface area (Å²) in [6.45, 7) is 2.74. The lowest BCUT2D eigenvalue weighted by molar-refractivity contribution is 0.0989. The molecule has 2 aromatic rings. The lowest BCUT2D eigenvalue weighted by atomic mass is 10.1. The van der Waals surface area contributed by atoms with E-state index < -0.39 is 5.82 Å². The molecule has 0 radical (unpaired) electrons. The maximum atomic E-state index is 13.2. The van der Waals surface area contributed by atoms with Crippen molar-refractivity contribution in [2.75, 3.05) is 0 Å². The van der Waals surface area contributed by atoms with Crippen molar-refractivity contribution in [3.63, 3.8) is 0 Å². The Hall–Kier alpha value is -1.49. The number of carbonyl (C=O) groups excluding carboxylic acids is 1. The third kappa shape index (κ3) is 2.85. The van der Waals surface area contributed by atoms with Gasteiger partial charge in [0.1, 0.15) is 11.6 Å². The zero-order valence-electron chi connectivity index (χ0n) is 9.86. The highest BCUT2D eigenvalue weighted by Gasteiger charge is 2.12. The number of carbonyl (C=O) groups is 1. The van der Waals surface area contributed by atoms with Crippen LogP contribution < -0.4 is 0 Å². The Labute approximate surface area is 113 Å². The summed E-state index contributed by atoms with van der Waals surface area (Å²) in [5, 5.41) is 0. The molecule has 0 spiro atoms. The van der Waals surface area contributed by atoms with Crippen LogP contribution in [0.5, 0.6) is 0 Å². The molecule has 0 atom stereocenters. The lowest BCUT2D eigenvalue weighted by Crippen LogP contribution is -2.10. The summed E-state index contributed by atoms with van der Waals surface area (Å²) < 4.78 is 15.7. The largest absolute Gasteiger partial charge is 0.335 e. The van der Waals surface area contributed by atoms with Crippen LogP contribution in [0.1, 0.15) is 23.1 Å². The SMILES string of the molecule is CCn1ccnc1CC(=O)c1cc(F)cc(Br)c1. The molecule has 1 aromatic heterocycles. The molecule has 18 heavy (non-hydrogen) atoms. The molecule has 0 aliphatic carbocycles. The predicted octanol–water partition coefficient (Wildman–Crippen LogP) is 3.23. The van der Waals surface area contributed by atoms with E-state index in [1.54, 1.807) is 12.3 Å². The number of Topliss-reactive ketones (excluding diaryl/α,β-unsaturated/α-hetero) is 1. The van der Waals surface area contributed by atoms with Gasteiger partial charge in [-0.1, -0.05) is 15.9 Å². The topological polar surface area (TPSA) is 34.9 Å². The van der Waals surface area contributed by atoms with E-state index in [-0.39, 0.29) is 12.2 Å². The lowest BCUT2D eigenvalue weighted by Gasteiger charge is -2.05. The zero-order valence-corrected chi connectivity index (χ0v) is 11.4. The summed E-state index contributed by atoms with van der Waals surface area (Å²) in [7, 11) is 0. The molecule has 0 aliphatic heterocycles. The quantitative estimate of drug-likeness (QED) is 0.813. The number of aryl methyl sites for hydroxylation is 1. The van der Waals surface area contributed by atoms with E-state index in [1.165, 1.54) is 12.1 Å². The minimum absolute atomic E-state index is 0.142. The summed E-state index contributed by atoms with van der Waals surface area (Å²) >= 11 is 3.17. The second kappa shape index (κ2) is 5.44. The summed E-state index contributed by atoms with van der Waals surface area (Å²) in [6.07, 6.45) is 3.66. The average Bonchev–Trinajstić information content (AvgIpc) is 2.75. The smallest absolute Gasteiger partial charge is 0.170 e. The van der Waals surface area contributed by atoms with Crippen molar-refractivity contribution >= 4 is 21.7 Å². The van der Waals surface area contributed by atoms with Crippen LogP contribution >= 0.6 is 15.9 Å². The van der Waals surface area contributed by atoms with E-state index in [9.17, 15) is 9.18 Å². The van der Waals surface area contributed by atoms with E-state index in [2.05, 4.69) is 20.9 Å². The number of rotatable bonds is 4. The van der Waals surface area contributed by atoms with E-state index in [1.807, 2.05) is 17.7 Å². The van der Waals surface area contributed by atoms with Crippen molar-refractivity contribution in [1.82, 2.24) is 9.55 Å². The van der Waals surface area contributed by atoms with Crippen LogP contribution in [0.2, 0.25) is 0 Å². The van der Waals surface area contributed by atoms with Gasteiger partial charge in [-0.05, 0) is 25.1 Å². The maximum absolute atomic E-state index is 13.2. The molecule has 0 bridgehead atoms. The van der Waals surface area contributed by atoms with E-state index in [0.29, 0.717) is 15.9 Å². The van der Waals surface area contributed by atoms with Crippen LogP contribution in [0.25, 0.3) is 0 Å². The molecule has 0 aliphatic rings. The summed E-state index contributed by atoms with van der Waals surface area (Å²) in [4.78, 5) is 16.2. The molecule has 1 heterocycles. The van der Waals surface area contributed by atoms with Gasteiger partial charge in [0.15, 0.2) is 5.78 Å². The van der Waals surface area contributed by atoms with E-state index in [0.717, 1.165) is 6.54 Å². The molecule has 0 saturated heterocycles. The summed E-state index contributed by atoms with van der Waals surface area (Å²) in [5.41, 5.74) is 0.354. The van der Waals surface area contributed by atoms with Crippen molar-refractivity contribution in [3.8, 4) is 0 Å². The molecule has 3 nitrogen and oxygen atoms in total. The molecular formula is C13H12BrFN2O. The normalized spacial score (nSPS) is 10.6. The second-order valence-corrected chi connectivity index (χ2v) is 4.80. The molecule has 5 heteroatoms. The van der Waals surface area contributed by atoms with Crippen molar-refractivity contribution in [2.45, 2.75) is 19.9 Å². The third-order valence-corrected chi connectivity index (χ3v) is 3.10. The number of hydrogen-bond donors (Lipinski definition) is 0. The molecule has 0 amide bonds. The Morgan fingerprint density at radius 2 is 2.22 bits per heavy atom. The molecule has 1 aromatic carbocycles. The van der Waals surface area contributed by atoms with Crippen LogP contribution in [0.3, 0.4) is 0 Å². The summed E-state index contributed by atoms with van der Waals surface area (Å²) in [6, 6.07) is 4.18. The molecule has 94 valence electrons. The van der Waals surface area contributed by atoms with Crippen LogP contribution in [0.15, 0.2) is 35.1 Å². The van der Waals surface area contributed by atoms with Crippen LogP contribution in [-0.2, 0) is 13.0 Å². The van der Waals surface area contributed by atoms with Gasteiger partial charge in [-0.15, -0.1) is 0 Å². The fourth-order valence-corrected chi connectivity index (χ4v) is 2.22. The van der Waals surface area contributed by atoms with Crippen molar-refractivity contribution in [3.05, 3.63) is 52.3 Å². The first kappa shape index (κ1) is 13.0. The number of imidazole rings is 1. The van der Waals surface area contributed by atoms with Crippen LogP contribution in [0.4, 0.5) is 4.39 Å². The van der Waals surface area contributed by atoms with Gasteiger partial charge in [0.05, 0.1) is 6.42 Å². The number of benzene rings is 1. The monoisotopic (exact) mass is 310 g/mol. The maximum Gasteiger partial charge on any atom is 0.170 e. The molecule has 0 unspecified atom stereocenters. The first-order valence-electron chi connectivity index (χ1n) is 5.59. The Bertz CT molecular complexity index is 560. The van der Waals surface area contributed by atoms with Gasteiger partial charge in [-0.25, -0.2) is 9.37 Å². The minimum atomic E-state index is -0.424. The minimum Gasteiger partial charge on any atom is -0.335 e. The van der Waals surface area contributed by atoms with Gasteiger partial charge in [0, 0.05) is 29.0 Å². The Morgan fingerprint density at radius 1 is 1.44 bits per heavy atom. The Balaban J connectivity index is 2.22. The third-order valence-electron chi connectivity index (χ3n) is 2.65. The summed E-state index contributed by atoms with van der Waals surface area (Å²) in [5.74, 6) is 0.130. The number of halogens is 2. The number of ketones is 1.